The Balaban J connectivity index is 1.88. The lowest BCUT2D eigenvalue weighted by atomic mass is 10.2. The molecule has 0 spiro atoms. The Kier molecular flexibility index (Phi) is 3.97. The second-order valence-corrected chi connectivity index (χ2v) is 4.62. The van der Waals surface area contributed by atoms with E-state index in [0.29, 0.717) is 12.6 Å². The Morgan fingerprint density at radius 2 is 2.35 bits per heavy atom. The molecule has 94 valence electrons. The predicted octanol–water partition coefficient (Wildman–Crippen LogP) is 2.14. The molecule has 4 heteroatoms. The third-order valence-corrected chi connectivity index (χ3v) is 3.00. The molecule has 0 radical (unpaired) electrons. The van der Waals surface area contributed by atoms with E-state index in [2.05, 4.69) is 4.90 Å². The molecular formula is C13H18FNO2. The summed E-state index contributed by atoms with van der Waals surface area (Å²) in [5.74, 6) is -0.858. The summed E-state index contributed by atoms with van der Waals surface area (Å²) in [6.45, 7) is 2.38. The predicted molar refractivity (Wildman–Crippen MR) is 63.4 cm³/mol. The van der Waals surface area contributed by atoms with Crippen LogP contribution in [-0.2, 0) is 11.3 Å². The van der Waals surface area contributed by atoms with Crippen LogP contribution in [0, 0.1) is 5.82 Å². The zero-order valence-corrected chi connectivity index (χ0v) is 10.0. The third kappa shape index (κ3) is 3.41. The van der Waals surface area contributed by atoms with Gasteiger partial charge in [-0.2, -0.15) is 0 Å². The second kappa shape index (κ2) is 5.47. The second-order valence-electron chi connectivity index (χ2n) is 4.62. The van der Waals surface area contributed by atoms with Gasteiger partial charge in [-0.25, -0.2) is 4.39 Å². The van der Waals surface area contributed by atoms with Gasteiger partial charge in [-0.05, 0) is 37.6 Å². The first-order chi connectivity index (χ1) is 8.15. The van der Waals surface area contributed by atoms with E-state index in [1.807, 2.05) is 7.05 Å². The first kappa shape index (κ1) is 12.3. The maximum absolute atomic E-state index is 13.1. The van der Waals surface area contributed by atoms with Gasteiger partial charge in [0, 0.05) is 19.7 Å². The molecule has 3 nitrogen and oxygen atoms in total. The normalized spacial score (nSPS) is 20.1. The number of benzene rings is 1. The lowest BCUT2D eigenvalue weighted by Gasteiger charge is -2.20. The van der Waals surface area contributed by atoms with Gasteiger partial charge in [0.2, 0.25) is 0 Å². The molecule has 0 aliphatic carbocycles. The lowest BCUT2D eigenvalue weighted by Crippen LogP contribution is -2.28. The summed E-state index contributed by atoms with van der Waals surface area (Å²) in [5.41, 5.74) is 0.862. The Labute approximate surface area is 101 Å². The summed E-state index contributed by atoms with van der Waals surface area (Å²) in [4.78, 5) is 2.11. The van der Waals surface area contributed by atoms with Crippen molar-refractivity contribution in [2.24, 2.45) is 0 Å². The van der Waals surface area contributed by atoms with Crippen LogP contribution in [0.1, 0.15) is 18.4 Å². The van der Waals surface area contributed by atoms with Crippen molar-refractivity contribution in [3.05, 3.63) is 29.6 Å². The highest BCUT2D eigenvalue weighted by Gasteiger charge is 2.17. The molecule has 1 saturated heterocycles. The highest BCUT2D eigenvalue weighted by Crippen LogP contribution is 2.18. The van der Waals surface area contributed by atoms with Crippen LogP contribution in [0.15, 0.2) is 18.2 Å². The van der Waals surface area contributed by atoms with Gasteiger partial charge in [-0.3, -0.25) is 4.90 Å². The minimum atomic E-state index is -0.562. The summed E-state index contributed by atoms with van der Waals surface area (Å²) in [5, 5.41) is 9.10. The van der Waals surface area contributed by atoms with Crippen LogP contribution in [0.2, 0.25) is 0 Å². The average molecular weight is 239 g/mol. The Bertz CT molecular complexity index is 378. The maximum atomic E-state index is 13.1. The number of ether oxygens (including phenoxy) is 1. The van der Waals surface area contributed by atoms with Crippen molar-refractivity contribution in [1.29, 1.82) is 0 Å². The van der Waals surface area contributed by atoms with Crippen molar-refractivity contribution >= 4 is 0 Å². The van der Waals surface area contributed by atoms with Gasteiger partial charge in [0.15, 0.2) is 11.6 Å². The number of phenolic OH excluding ortho intramolecular Hbond substituents is 1. The minimum Gasteiger partial charge on any atom is -0.505 e. The molecule has 1 aliphatic rings. The highest BCUT2D eigenvalue weighted by atomic mass is 19.1. The summed E-state index contributed by atoms with van der Waals surface area (Å²) < 4.78 is 18.7. The van der Waals surface area contributed by atoms with Gasteiger partial charge >= 0.3 is 0 Å². The number of likely N-dealkylation sites (N-methyl/N-ethyl adjacent to an activating group) is 1. The van der Waals surface area contributed by atoms with E-state index < -0.39 is 5.82 Å². The van der Waals surface area contributed by atoms with E-state index >= 15 is 0 Å². The fourth-order valence-corrected chi connectivity index (χ4v) is 2.16. The smallest absolute Gasteiger partial charge is 0.165 e. The zero-order chi connectivity index (χ0) is 12.3. The van der Waals surface area contributed by atoms with Crippen molar-refractivity contribution in [2.75, 3.05) is 20.2 Å². The van der Waals surface area contributed by atoms with Gasteiger partial charge in [0.1, 0.15) is 0 Å². The summed E-state index contributed by atoms with van der Waals surface area (Å²) in [7, 11) is 1.99. The van der Waals surface area contributed by atoms with E-state index in [1.165, 1.54) is 12.1 Å². The molecular weight excluding hydrogens is 221 g/mol. The lowest BCUT2D eigenvalue weighted by molar-refractivity contribution is 0.0793. The van der Waals surface area contributed by atoms with Crippen LogP contribution < -0.4 is 0 Å². The van der Waals surface area contributed by atoms with Crippen LogP contribution in [0.3, 0.4) is 0 Å². The molecule has 1 aromatic carbocycles. The first-order valence-corrected chi connectivity index (χ1v) is 5.92. The monoisotopic (exact) mass is 239 g/mol. The Morgan fingerprint density at radius 1 is 1.53 bits per heavy atom. The Hall–Kier alpha value is -1.13. The number of rotatable bonds is 4. The molecule has 0 aromatic heterocycles. The van der Waals surface area contributed by atoms with Crippen LogP contribution in [0.4, 0.5) is 4.39 Å². The molecule has 1 N–H and O–H groups in total. The molecule has 0 bridgehead atoms. The molecule has 1 atom stereocenters. The molecule has 1 fully saturated rings. The molecule has 2 rings (SSSR count). The molecule has 1 unspecified atom stereocenters. The summed E-state index contributed by atoms with van der Waals surface area (Å²) >= 11 is 0. The number of hydrogen-bond donors (Lipinski definition) is 1. The summed E-state index contributed by atoms with van der Waals surface area (Å²) in [6, 6.07) is 4.51. The number of nitrogens with zero attached hydrogens (tertiary/aromatic N) is 1. The number of phenols is 1. The van der Waals surface area contributed by atoms with E-state index in [1.54, 1.807) is 6.07 Å². The average Bonchev–Trinajstić information content (AvgIpc) is 2.76. The number of hydrogen-bond acceptors (Lipinski definition) is 3. The molecule has 0 saturated carbocycles. The quantitative estimate of drug-likeness (QED) is 0.873. The largest absolute Gasteiger partial charge is 0.505 e. The highest BCUT2D eigenvalue weighted by molar-refractivity contribution is 5.27. The van der Waals surface area contributed by atoms with E-state index in [0.717, 1.165) is 31.6 Å². The molecule has 17 heavy (non-hydrogen) atoms. The SMILES string of the molecule is CN(Cc1ccc(O)c(F)c1)CC1CCCO1. The van der Waals surface area contributed by atoms with E-state index in [4.69, 9.17) is 9.84 Å². The van der Waals surface area contributed by atoms with E-state index in [-0.39, 0.29) is 5.75 Å². The van der Waals surface area contributed by atoms with Gasteiger partial charge in [0.25, 0.3) is 0 Å². The fourth-order valence-electron chi connectivity index (χ4n) is 2.16. The Morgan fingerprint density at radius 3 is 3.00 bits per heavy atom. The standard InChI is InChI=1S/C13H18FNO2/c1-15(9-11-3-2-6-17-11)8-10-4-5-13(16)12(14)7-10/h4-5,7,11,16H,2-3,6,8-9H2,1H3. The van der Waals surface area contributed by atoms with Gasteiger partial charge < -0.3 is 9.84 Å². The number of aromatic hydroxyl groups is 1. The topological polar surface area (TPSA) is 32.7 Å². The van der Waals surface area contributed by atoms with Crippen molar-refractivity contribution in [3.63, 3.8) is 0 Å². The van der Waals surface area contributed by atoms with Crippen molar-refractivity contribution in [1.82, 2.24) is 4.90 Å². The van der Waals surface area contributed by atoms with Crippen molar-refractivity contribution in [2.45, 2.75) is 25.5 Å². The summed E-state index contributed by atoms with van der Waals surface area (Å²) in [6.07, 6.45) is 2.54. The molecule has 1 aromatic rings. The van der Waals surface area contributed by atoms with Gasteiger partial charge in [-0.15, -0.1) is 0 Å². The van der Waals surface area contributed by atoms with Crippen LogP contribution in [0.5, 0.6) is 5.75 Å². The minimum absolute atomic E-state index is 0.296. The third-order valence-electron chi connectivity index (χ3n) is 3.00. The van der Waals surface area contributed by atoms with Gasteiger partial charge in [0.05, 0.1) is 6.10 Å². The maximum Gasteiger partial charge on any atom is 0.165 e. The van der Waals surface area contributed by atoms with Crippen molar-refractivity contribution in [3.8, 4) is 5.75 Å². The first-order valence-electron chi connectivity index (χ1n) is 5.92. The zero-order valence-electron chi connectivity index (χ0n) is 10.0. The molecule has 1 heterocycles. The van der Waals surface area contributed by atoms with E-state index in [9.17, 15) is 4.39 Å². The van der Waals surface area contributed by atoms with Crippen LogP contribution in [0.25, 0.3) is 0 Å². The van der Waals surface area contributed by atoms with Crippen LogP contribution >= 0.6 is 0 Å². The van der Waals surface area contributed by atoms with Gasteiger partial charge in [-0.1, -0.05) is 6.07 Å². The molecule has 0 amide bonds. The fraction of sp³-hybridized carbons (Fsp3) is 0.538. The number of halogens is 1. The van der Waals surface area contributed by atoms with Crippen LogP contribution in [-0.4, -0.2) is 36.3 Å². The molecule has 1 aliphatic heterocycles. The van der Waals surface area contributed by atoms with Crippen molar-refractivity contribution < 1.29 is 14.2 Å².